The van der Waals surface area contributed by atoms with Gasteiger partial charge in [-0.25, -0.2) is 9.97 Å². The zero-order chi connectivity index (χ0) is 22.5. The lowest BCUT2D eigenvalue weighted by atomic mass is 9.79. The van der Waals surface area contributed by atoms with E-state index < -0.39 is 0 Å². The molecule has 3 heterocycles. The van der Waals surface area contributed by atoms with Crippen molar-refractivity contribution in [2.75, 3.05) is 19.6 Å². The Hall–Kier alpha value is -2.28. The van der Waals surface area contributed by atoms with Gasteiger partial charge in [0.15, 0.2) is 5.76 Å². The van der Waals surface area contributed by atoms with E-state index in [0.717, 1.165) is 73.7 Å². The lowest BCUT2D eigenvalue weighted by Crippen LogP contribution is -2.46. The minimum atomic E-state index is 0.182. The van der Waals surface area contributed by atoms with Crippen LogP contribution in [0.15, 0.2) is 16.8 Å². The first kappa shape index (κ1) is 22.9. The Kier molecular flexibility index (Phi) is 7.55. The van der Waals surface area contributed by atoms with Gasteiger partial charge in [-0.15, -0.1) is 0 Å². The number of likely N-dealkylation sites (tertiary alicyclic amines) is 1. The first-order chi connectivity index (χ1) is 15.5. The molecule has 1 aliphatic carbocycles. The van der Waals surface area contributed by atoms with Gasteiger partial charge >= 0.3 is 0 Å². The third-order valence-corrected chi connectivity index (χ3v) is 7.22. The number of carbonyl (C=O) groups is 1. The highest BCUT2D eigenvalue weighted by Crippen LogP contribution is 2.38. The zero-order valence-electron chi connectivity index (χ0n) is 19.8. The van der Waals surface area contributed by atoms with Crippen LogP contribution in [0.1, 0.15) is 81.4 Å². The van der Waals surface area contributed by atoms with Crippen LogP contribution in [0, 0.1) is 19.8 Å². The van der Waals surface area contributed by atoms with Crippen LogP contribution in [0.5, 0.6) is 0 Å². The van der Waals surface area contributed by atoms with Crippen LogP contribution in [0.4, 0.5) is 0 Å². The van der Waals surface area contributed by atoms with Gasteiger partial charge in [-0.1, -0.05) is 18.5 Å². The quantitative estimate of drug-likeness (QED) is 0.688. The molecule has 1 aliphatic heterocycles. The molecule has 2 aliphatic rings. The molecule has 0 radical (unpaired) electrons. The van der Waals surface area contributed by atoms with Crippen molar-refractivity contribution < 1.29 is 9.32 Å². The molecule has 2 fully saturated rings. The summed E-state index contributed by atoms with van der Waals surface area (Å²) >= 11 is 0. The molecule has 0 bridgehead atoms. The average molecular weight is 440 g/mol. The van der Waals surface area contributed by atoms with Crippen LogP contribution in [0.2, 0.25) is 0 Å². The number of aromatic nitrogens is 3. The maximum absolute atomic E-state index is 12.6. The smallest absolute Gasteiger partial charge is 0.234 e. The van der Waals surface area contributed by atoms with Crippen LogP contribution in [-0.4, -0.2) is 51.6 Å². The number of carbonyl (C=O) groups excluding carboxylic acids is 1. The summed E-state index contributed by atoms with van der Waals surface area (Å²) < 4.78 is 5.50. The van der Waals surface area contributed by atoms with Gasteiger partial charge in [0, 0.05) is 30.8 Å². The number of hydrogen-bond donors (Lipinski definition) is 1. The van der Waals surface area contributed by atoms with Gasteiger partial charge in [0.05, 0.1) is 23.5 Å². The fraction of sp³-hybridized carbons (Fsp3) is 0.680. The minimum Gasteiger partial charge on any atom is -0.356 e. The topological polar surface area (TPSA) is 84.2 Å². The summed E-state index contributed by atoms with van der Waals surface area (Å²) in [5.74, 6) is 2.65. The van der Waals surface area contributed by atoms with Crippen molar-refractivity contribution in [1.29, 1.82) is 0 Å². The Balaban J connectivity index is 1.29. The standard InChI is InChI=1S/C25H37N5O2/c1-4-21-7-5-6-12-30(21)16-24(31)27-14-19-8-10-20(11-9-19)25-22(15-26-18(3)28-25)23-13-17(2)29-32-23/h13,15,19-21H,4-12,14,16H2,1-3H3,(H,27,31)/t19?,20?,21-/m0/s1. The maximum Gasteiger partial charge on any atom is 0.234 e. The molecule has 1 saturated heterocycles. The molecule has 7 heteroatoms. The third kappa shape index (κ3) is 5.55. The van der Waals surface area contributed by atoms with E-state index in [1.807, 2.05) is 26.1 Å². The van der Waals surface area contributed by atoms with Gasteiger partial charge in [-0.05, 0) is 71.3 Å². The largest absolute Gasteiger partial charge is 0.356 e. The van der Waals surface area contributed by atoms with Crippen molar-refractivity contribution >= 4 is 5.91 Å². The summed E-state index contributed by atoms with van der Waals surface area (Å²) in [6, 6.07) is 2.52. The Morgan fingerprint density at radius 2 is 2.00 bits per heavy atom. The van der Waals surface area contributed by atoms with Gasteiger partial charge in [0.2, 0.25) is 5.91 Å². The van der Waals surface area contributed by atoms with Crippen LogP contribution >= 0.6 is 0 Å². The summed E-state index contributed by atoms with van der Waals surface area (Å²) in [4.78, 5) is 24.1. The number of rotatable bonds is 7. The second-order valence-electron chi connectivity index (χ2n) is 9.60. The molecule has 0 unspecified atom stereocenters. The number of hydrogen-bond acceptors (Lipinski definition) is 6. The summed E-state index contributed by atoms with van der Waals surface area (Å²) in [5.41, 5.74) is 2.90. The summed E-state index contributed by atoms with van der Waals surface area (Å²) in [6.45, 7) is 8.48. The Bertz CT molecular complexity index is 903. The third-order valence-electron chi connectivity index (χ3n) is 7.22. The molecule has 1 atom stereocenters. The van der Waals surface area contributed by atoms with Gasteiger partial charge in [0.1, 0.15) is 5.82 Å². The minimum absolute atomic E-state index is 0.182. The molecule has 2 aromatic rings. The highest BCUT2D eigenvalue weighted by atomic mass is 16.5. The van der Waals surface area contributed by atoms with Gasteiger partial charge in [-0.3, -0.25) is 9.69 Å². The SMILES string of the molecule is CC[C@H]1CCCCN1CC(=O)NCC1CCC(c2nc(C)ncc2-c2cc(C)no2)CC1. The monoisotopic (exact) mass is 439 g/mol. The Morgan fingerprint density at radius 1 is 1.19 bits per heavy atom. The molecule has 2 aromatic heterocycles. The summed E-state index contributed by atoms with van der Waals surface area (Å²) in [5, 5.41) is 7.25. The molecule has 174 valence electrons. The van der Waals surface area contributed by atoms with Crippen LogP contribution in [0.3, 0.4) is 0 Å². The number of amides is 1. The van der Waals surface area contributed by atoms with E-state index in [4.69, 9.17) is 9.51 Å². The van der Waals surface area contributed by atoms with E-state index in [2.05, 4.69) is 27.3 Å². The molecule has 32 heavy (non-hydrogen) atoms. The van der Waals surface area contributed by atoms with Gasteiger partial charge < -0.3 is 9.84 Å². The number of aryl methyl sites for hydroxylation is 2. The van der Waals surface area contributed by atoms with Crippen molar-refractivity contribution in [3.63, 3.8) is 0 Å². The van der Waals surface area contributed by atoms with E-state index >= 15 is 0 Å². The fourth-order valence-corrected chi connectivity index (χ4v) is 5.35. The van der Waals surface area contributed by atoms with Crippen LogP contribution in [0.25, 0.3) is 11.3 Å². The Morgan fingerprint density at radius 3 is 2.72 bits per heavy atom. The van der Waals surface area contributed by atoms with Crippen molar-refractivity contribution in [3.8, 4) is 11.3 Å². The molecular formula is C25H37N5O2. The van der Waals surface area contributed by atoms with E-state index in [1.165, 1.54) is 19.3 Å². The zero-order valence-corrected chi connectivity index (χ0v) is 19.8. The number of piperidine rings is 1. The molecular weight excluding hydrogens is 402 g/mol. The van der Waals surface area contributed by atoms with Crippen LogP contribution in [-0.2, 0) is 4.79 Å². The van der Waals surface area contributed by atoms with Gasteiger partial charge in [-0.2, -0.15) is 0 Å². The normalized spacial score (nSPS) is 24.4. The second kappa shape index (κ2) is 10.6. The maximum atomic E-state index is 12.6. The van der Waals surface area contributed by atoms with E-state index in [9.17, 15) is 4.79 Å². The predicted molar refractivity (Wildman–Crippen MR) is 124 cm³/mol. The van der Waals surface area contributed by atoms with Crippen molar-refractivity contribution in [2.24, 2.45) is 5.92 Å². The van der Waals surface area contributed by atoms with Crippen molar-refractivity contribution in [3.05, 3.63) is 29.5 Å². The lowest BCUT2D eigenvalue weighted by Gasteiger charge is -2.35. The van der Waals surface area contributed by atoms with Crippen molar-refractivity contribution in [2.45, 2.75) is 84.1 Å². The molecule has 0 aromatic carbocycles. The average Bonchev–Trinajstić information content (AvgIpc) is 3.24. The first-order valence-corrected chi connectivity index (χ1v) is 12.3. The predicted octanol–water partition coefficient (Wildman–Crippen LogP) is 4.40. The van der Waals surface area contributed by atoms with E-state index in [1.54, 1.807) is 0 Å². The molecule has 1 N–H and O–H groups in total. The molecule has 7 nitrogen and oxygen atoms in total. The van der Waals surface area contributed by atoms with E-state index in [0.29, 0.717) is 24.4 Å². The summed E-state index contributed by atoms with van der Waals surface area (Å²) in [7, 11) is 0. The second-order valence-corrected chi connectivity index (χ2v) is 9.60. The lowest BCUT2D eigenvalue weighted by molar-refractivity contribution is -0.123. The number of nitrogens with one attached hydrogen (secondary N) is 1. The highest BCUT2D eigenvalue weighted by Gasteiger charge is 2.28. The Labute approximate surface area is 191 Å². The van der Waals surface area contributed by atoms with E-state index in [-0.39, 0.29) is 5.91 Å². The molecule has 4 rings (SSSR count). The highest BCUT2D eigenvalue weighted by molar-refractivity contribution is 5.78. The molecule has 1 amide bonds. The fourth-order valence-electron chi connectivity index (χ4n) is 5.35. The molecule has 0 spiro atoms. The molecule has 1 saturated carbocycles. The van der Waals surface area contributed by atoms with Crippen molar-refractivity contribution in [1.82, 2.24) is 25.3 Å². The first-order valence-electron chi connectivity index (χ1n) is 12.3. The van der Waals surface area contributed by atoms with Gasteiger partial charge in [0.25, 0.3) is 0 Å². The number of nitrogens with zero attached hydrogens (tertiary/aromatic N) is 4. The summed E-state index contributed by atoms with van der Waals surface area (Å²) in [6.07, 6.45) is 11.1. The van der Waals surface area contributed by atoms with Crippen LogP contribution < -0.4 is 5.32 Å².